The zero-order chi connectivity index (χ0) is 14.7. The molecule has 1 fully saturated rings. The normalized spacial score (nSPS) is 17.8. The lowest BCUT2D eigenvalue weighted by Crippen LogP contribution is -2.28. The lowest BCUT2D eigenvalue weighted by molar-refractivity contribution is 0.328. The topological polar surface area (TPSA) is 38.0 Å². The van der Waals surface area contributed by atoms with E-state index in [2.05, 4.69) is 28.2 Å². The molecule has 110 valence electrons. The second-order valence-corrected chi connectivity index (χ2v) is 6.72. The van der Waals surface area contributed by atoms with Gasteiger partial charge in [0.15, 0.2) is 5.82 Å². The molecule has 20 heavy (non-hydrogen) atoms. The molecule has 3 N–H and O–H groups in total. The third-order valence-electron chi connectivity index (χ3n) is 4.09. The van der Waals surface area contributed by atoms with Crippen molar-refractivity contribution in [1.82, 2.24) is 0 Å². The maximum absolute atomic E-state index is 14.3. The highest BCUT2D eigenvalue weighted by Gasteiger charge is 2.21. The van der Waals surface area contributed by atoms with Gasteiger partial charge in [0.25, 0.3) is 0 Å². The molecule has 1 atom stereocenters. The van der Waals surface area contributed by atoms with Gasteiger partial charge < -0.3 is 11.1 Å². The number of nitrogens with two attached hydrogens (primary N) is 1. The summed E-state index contributed by atoms with van der Waals surface area (Å²) in [5, 5.41) is 3.30. The van der Waals surface area contributed by atoms with Gasteiger partial charge in [0.2, 0.25) is 0 Å². The average Bonchev–Trinajstić information content (AvgIpc) is 2.44. The number of nitrogens with one attached hydrogen (secondary N) is 1. The number of benzene rings is 1. The molecule has 1 aromatic carbocycles. The molecule has 5 heteroatoms. The fraction of sp³-hybridized carbons (Fsp3) is 0.533. The zero-order valence-corrected chi connectivity index (χ0v) is 14.0. The lowest BCUT2D eigenvalue weighted by Gasteiger charge is -2.29. The van der Waals surface area contributed by atoms with Crippen LogP contribution in [0.3, 0.4) is 0 Å². The van der Waals surface area contributed by atoms with Crippen LogP contribution in [0.5, 0.6) is 0 Å². The molecule has 2 rings (SSSR count). The maximum Gasteiger partial charge on any atom is 0.161 e. The molecule has 0 amide bonds. The Labute approximate surface area is 133 Å². The Morgan fingerprint density at radius 3 is 2.65 bits per heavy atom. The van der Waals surface area contributed by atoms with Crippen molar-refractivity contribution in [2.75, 3.05) is 5.32 Å². The smallest absolute Gasteiger partial charge is 0.161 e. The summed E-state index contributed by atoms with van der Waals surface area (Å²) < 4.78 is 14.7. The molecule has 0 radical (unpaired) electrons. The molecule has 0 aromatic heterocycles. The van der Waals surface area contributed by atoms with E-state index < -0.39 is 0 Å². The number of anilines is 1. The van der Waals surface area contributed by atoms with Gasteiger partial charge in [-0.2, -0.15) is 0 Å². The molecule has 1 aliphatic rings. The second-order valence-electron chi connectivity index (χ2n) is 5.48. The number of rotatable bonds is 4. The van der Waals surface area contributed by atoms with Gasteiger partial charge in [-0.05, 0) is 53.7 Å². The highest BCUT2D eigenvalue weighted by molar-refractivity contribution is 9.10. The van der Waals surface area contributed by atoms with Crippen LogP contribution in [-0.2, 0) is 0 Å². The Morgan fingerprint density at radius 2 is 2.05 bits per heavy atom. The molecule has 2 nitrogen and oxygen atoms in total. The van der Waals surface area contributed by atoms with E-state index in [0.717, 1.165) is 0 Å². The van der Waals surface area contributed by atoms with E-state index in [1.165, 1.54) is 32.1 Å². The lowest BCUT2D eigenvalue weighted by atomic mass is 9.84. The number of hydrogen-bond acceptors (Lipinski definition) is 2. The first-order chi connectivity index (χ1) is 9.50. The van der Waals surface area contributed by atoms with Crippen LogP contribution in [0.25, 0.3) is 0 Å². The van der Waals surface area contributed by atoms with Crippen molar-refractivity contribution in [3.05, 3.63) is 28.0 Å². The van der Waals surface area contributed by atoms with Gasteiger partial charge >= 0.3 is 0 Å². The molecule has 1 unspecified atom stereocenters. The largest absolute Gasteiger partial charge is 0.389 e. The van der Waals surface area contributed by atoms with Crippen LogP contribution in [0, 0.1) is 11.7 Å². The van der Waals surface area contributed by atoms with E-state index in [1.807, 2.05) is 0 Å². The van der Waals surface area contributed by atoms with Gasteiger partial charge in [0, 0.05) is 11.6 Å². The fourth-order valence-corrected chi connectivity index (χ4v) is 3.71. The molecule has 1 aliphatic carbocycles. The van der Waals surface area contributed by atoms with E-state index in [1.54, 1.807) is 12.1 Å². The monoisotopic (exact) mass is 358 g/mol. The quantitative estimate of drug-likeness (QED) is 0.772. The molecule has 0 bridgehead atoms. The Hall–Kier alpha value is -0.680. The maximum atomic E-state index is 14.3. The Bertz CT molecular complexity index is 501. The van der Waals surface area contributed by atoms with Crippen molar-refractivity contribution < 1.29 is 4.39 Å². The van der Waals surface area contributed by atoms with Crippen molar-refractivity contribution in [2.45, 2.75) is 45.1 Å². The van der Waals surface area contributed by atoms with Crippen LogP contribution in [0.1, 0.15) is 44.6 Å². The summed E-state index contributed by atoms with van der Waals surface area (Å²) in [6, 6.07) is 3.74. The van der Waals surface area contributed by atoms with Crippen LogP contribution in [0.2, 0.25) is 0 Å². The summed E-state index contributed by atoms with van der Waals surface area (Å²) in [4.78, 5) is 0.197. The van der Waals surface area contributed by atoms with Crippen molar-refractivity contribution in [3.63, 3.8) is 0 Å². The van der Waals surface area contributed by atoms with Crippen molar-refractivity contribution in [2.24, 2.45) is 11.7 Å². The summed E-state index contributed by atoms with van der Waals surface area (Å²) in [5.74, 6) is 0.301. The van der Waals surface area contributed by atoms with E-state index in [-0.39, 0.29) is 16.8 Å². The average molecular weight is 359 g/mol. The highest BCUT2D eigenvalue weighted by atomic mass is 79.9. The van der Waals surface area contributed by atoms with Crippen molar-refractivity contribution in [3.8, 4) is 0 Å². The summed E-state index contributed by atoms with van der Waals surface area (Å²) in [7, 11) is 0. The van der Waals surface area contributed by atoms with E-state index in [9.17, 15) is 4.39 Å². The van der Waals surface area contributed by atoms with Crippen LogP contribution in [0.15, 0.2) is 16.6 Å². The molecule has 1 saturated carbocycles. The second kappa shape index (κ2) is 6.85. The van der Waals surface area contributed by atoms with Crippen LogP contribution in [0.4, 0.5) is 10.1 Å². The van der Waals surface area contributed by atoms with Crippen LogP contribution < -0.4 is 11.1 Å². The third-order valence-corrected chi connectivity index (χ3v) is 5.08. The van der Waals surface area contributed by atoms with Crippen molar-refractivity contribution in [1.29, 1.82) is 0 Å². The van der Waals surface area contributed by atoms with Crippen molar-refractivity contribution >= 4 is 38.8 Å². The summed E-state index contributed by atoms with van der Waals surface area (Å²) >= 11 is 8.14. The Morgan fingerprint density at radius 1 is 1.40 bits per heavy atom. The highest BCUT2D eigenvalue weighted by Crippen LogP contribution is 2.31. The molecule has 0 spiro atoms. The van der Waals surface area contributed by atoms with Crippen LogP contribution >= 0.6 is 28.1 Å². The first-order valence-corrected chi connectivity index (χ1v) is 8.25. The number of hydrogen-bond donors (Lipinski definition) is 2. The van der Waals surface area contributed by atoms with E-state index in [0.29, 0.717) is 21.6 Å². The first kappa shape index (κ1) is 15.7. The van der Waals surface area contributed by atoms with E-state index in [4.69, 9.17) is 18.0 Å². The molecular weight excluding hydrogens is 339 g/mol. The molecular formula is C15H20BrFN2S. The standard InChI is InChI=1S/C15H20BrFN2S/c1-9(10-5-3-2-4-6-10)19-12-8-7-11(15(18)20)13(16)14(12)17/h7-10,19H,2-6H2,1H3,(H2,18,20). The molecule has 1 aromatic rings. The third kappa shape index (κ3) is 3.50. The van der Waals surface area contributed by atoms with Gasteiger partial charge in [-0.1, -0.05) is 31.5 Å². The fourth-order valence-electron chi connectivity index (χ4n) is 2.85. The molecule has 0 heterocycles. The van der Waals surface area contributed by atoms with Gasteiger partial charge in [0.1, 0.15) is 4.99 Å². The zero-order valence-electron chi connectivity index (χ0n) is 11.6. The first-order valence-electron chi connectivity index (χ1n) is 7.05. The van der Waals surface area contributed by atoms with Gasteiger partial charge in [-0.15, -0.1) is 0 Å². The molecule has 0 aliphatic heterocycles. The summed E-state index contributed by atoms with van der Waals surface area (Å²) in [6.45, 7) is 2.13. The number of thiocarbonyl (C=S) groups is 1. The predicted molar refractivity (Wildman–Crippen MR) is 89.6 cm³/mol. The predicted octanol–water partition coefficient (Wildman–Crippen LogP) is 4.60. The van der Waals surface area contributed by atoms with Crippen LogP contribution in [-0.4, -0.2) is 11.0 Å². The SMILES string of the molecule is CC(Nc1ccc(C(N)=S)c(Br)c1F)C1CCCCC1. The van der Waals surface area contributed by atoms with Gasteiger partial charge in [-0.25, -0.2) is 4.39 Å². The minimum Gasteiger partial charge on any atom is -0.389 e. The van der Waals surface area contributed by atoms with Gasteiger partial charge in [0.05, 0.1) is 10.2 Å². The minimum atomic E-state index is -0.321. The van der Waals surface area contributed by atoms with E-state index >= 15 is 0 Å². The summed E-state index contributed by atoms with van der Waals surface area (Å²) in [5.41, 5.74) is 6.61. The van der Waals surface area contributed by atoms with Gasteiger partial charge in [-0.3, -0.25) is 0 Å². The summed E-state index contributed by atoms with van der Waals surface area (Å²) in [6.07, 6.45) is 6.34. The Kier molecular flexibility index (Phi) is 5.38. The number of halogens is 2. The Balaban J connectivity index is 2.13. The minimum absolute atomic E-state index is 0.197. The molecule has 0 saturated heterocycles.